The van der Waals surface area contributed by atoms with Gasteiger partial charge < -0.3 is 5.11 Å². The summed E-state index contributed by atoms with van der Waals surface area (Å²) >= 11 is 0. The third-order valence-electron chi connectivity index (χ3n) is 2.98. The van der Waals surface area contributed by atoms with Gasteiger partial charge in [0.1, 0.15) is 0 Å². The Morgan fingerprint density at radius 1 is 1.00 bits per heavy atom. The van der Waals surface area contributed by atoms with E-state index in [1.807, 2.05) is 18.2 Å². The molecule has 0 aliphatic heterocycles. The van der Waals surface area contributed by atoms with Gasteiger partial charge in [-0.15, -0.1) is 0 Å². The Bertz CT molecular complexity index is 560. The van der Waals surface area contributed by atoms with Gasteiger partial charge in [-0.2, -0.15) is 0 Å². The zero-order valence-electron chi connectivity index (χ0n) is 9.91. The molecule has 90 valence electrons. The second kappa shape index (κ2) is 4.98. The highest BCUT2D eigenvalue weighted by Gasteiger charge is 2.32. The van der Waals surface area contributed by atoms with Gasteiger partial charge in [-0.25, -0.2) is 0 Å². The Balaban J connectivity index is 2.64. The van der Waals surface area contributed by atoms with Crippen LogP contribution in [0.2, 0.25) is 0 Å². The van der Waals surface area contributed by atoms with Crippen LogP contribution in [-0.4, -0.2) is 11.4 Å². The Morgan fingerprint density at radius 2 is 1.61 bits per heavy atom. The van der Waals surface area contributed by atoms with Gasteiger partial charge >= 0.3 is 0 Å². The number of carbonyl (C=O) groups is 1. The maximum absolute atomic E-state index is 11.4. The Morgan fingerprint density at radius 3 is 2.22 bits per heavy atom. The molecular formula is C16H14O2. The molecule has 2 heteroatoms. The number of hydrogen-bond acceptors (Lipinski definition) is 2. The molecule has 0 saturated carbocycles. The van der Waals surface area contributed by atoms with E-state index in [4.69, 9.17) is 0 Å². The van der Waals surface area contributed by atoms with E-state index >= 15 is 0 Å². The van der Waals surface area contributed by atoms with E-state index in [-0.39, 0.29) is 0 Å². The summed E-state index contributed by atoms with van der Waals surface area (Å²) in [4.78, 5) is 11.4. The molecular weight excluding hydrogens is 224 g/mol. The van der Waals surface area contributed by atoms with Crippen molar-refractivity contribution in [3.63, 3.8) is 0 Å². The average Bonchev–Trinajstić information content (AvgIpc) is 2.47. The number of aliphatic hydroxyl groups is 1. The van der Waals surface area contributed by atoms with Crippen LogP contribution in [0.15, 0.2) is 61.2 Å². The van der Waals surface area contributed by atoms with Gasteiger partial charge in [-0.1, -0.05) is 67.3 Å². The highest BCUT2D eigenvalue weighted by atomic mass is 16.3. The monoisotopic (exact) mass is 238 g/mol. The van der Waals surface area contributed by atoms with Crippen molar-refractivity contribution in [3.05, 3.63) is 77.9 Å². The molecule has 0 aliphatic carbocycles. The van der Waals surface area contributed by atoms with Crippen molar-refractivity contribution in [3.8, 4) is 0 Å². The molecule has 0 radical (unpaired) electrons. The van der Waals surface area contributed by atoms with Crippen LogP contribution in [0, 0.1) is 0 Å². The second-order valence-corrected chi connectivity index (χ2v) is 4.04. The lowest BCUT2D eigenvalue weighted by Crippen LogP contribution is -2.29. The minimum absolute atomic E-state index is 0.543. The van der Waals surface area contributed by atoms with Gasteiger partial charge in [0, 0.05) is 5.56 Å². The lowest BCUT2D eigenvalue weighted by atomic mass is 9.85. The normalized spacial score (nSPS) is 13.6. The standard InChI is InChI=1S/C16H14O2/c1-2-13-8-6-7-11-15(13)16(18,12-17)14-9-4-3-5-10-14/h2-12,18H,1H2. The molecule has 2 aromatic carbocycles. The van der Waals surface area contributed by atoms with Crippen LogP contribution < -0.4 is 0 Å². The van der Waals surface area contributed by atoms with E-state index in [1.165, 1.54) is 0 Å². The maximum Gasteiger partial charge on any atom is 0.171 e. The van der Waals surface area contributed by atoms with Crippen molar-refractivity contribution in [1.82, 2.24) is 0 Å². The average molecular weight is 238 g/mol. The molecule has 1 N–H and O–H groups in total. The maximum atomic E-state index is 11.4. The number of carbonyl (C=O) groups excluding carboxylic acids is 1. The quantitative estimate of drug-likeness (QED) is 0.832. The van der Waals surface area contributed by atoms with Gasteiger partial charge in [0.2, 0.25) is 0 Å². The predicted molar refractivity (Wildman–Crippen MR) is 72.0 cm³/mol. The molecule has 1 atom stereocenters. The van der Waals surface area contributed by atoms with Crippen LogP contribution in [0.3, 0.4) is 0 Å². The van der Waals surface area contributed by atoms with Crippen LogP contribution in [0.5, 0.6) is 0 Å². The molecule has 0 amide bonds. The highest BCUT2D eigenvalue weighted by Crippen LogP contribution is 2.30. The van der Waals surface area contributed by atoms with E-state index in [0.717, 1.165) is 5.56 Å². The molecule has 0 saturated heterocycles. The second-order valence-electron chi connectivity index (χ2n) is 4.04. The number of rotatable bonds is 4. The van der Waals surface area contributed by atoms with Gasteiger partial charge in [0.05, 0.1) is 0 Å². The Kier molecular flexibility index (Phi) is 3.40. The fraction of sp³-hybridized carbons (Fsp3) is 0.0625. The zero-order valence-corrected chi connectivity index (χ0v) is 9.91. The highest BCUT2D eigenvalue weighted by molar-refractivity contribution is 5.75. The first kappa shape index (κ1) is 12.3. The summed E-state index contributed by atoms with van der Waals surface area (Å²) in [7, 11) is 0. The first-order valence-corrected chi connectivity index (χ1v) is 5.68. The van der Waals surface area contributed by atoms with Gasteiger partial charge in [-0.3, -0.25) is 4.79 Å². The summed E-state index contributed by atoms with van der Waals surface area (Å²) in [5, 5.41) is 10.7. The summed E-state index contributed by atoms with van der Waals surface area (Å²) in [5.41, 5.74) is 0.206. The number of benzene rings is 2. The van der Waals surface area contributed by atoms with E-state index < -0.39 is 5.60 Å². The minimum Gasteiger partial charge on any atom is -0.373 e. The molecule has 0 heterocycles. The van der Waals surface area contributed by atoms with Crippen molar-refractivity contribution in [2.45, 2.75) is 5.60 Å². The minimum atomic E-state index is -1.63. The van der Waals surface area contributed by atoms with Crippen LogP contribution >= 0.6 is 0 Å². The molecule has 0 bridgehead atoms. The smallest absolute Gasteiger partial charge is 0.171 e. The molecule has 0 aromatic heterocycles. The van der Waals surface area contributed by atoms with E-state index in [1.54, 1.807) is 42.5 Å². The topological polar surface area (TPSA) is 37.3 Å². The molecule has 2 rings (SSSR count). The van der Waals surface area contributed by atoms with Crippen molar-refractivity contribution < 1.29 is 9.90 Å². The van der Waals surface area contributed by atoms with Gasteiger partial charge in [0.15, 0.2) is 11.9 Å². The first-order valence-electron chi connectivity index (χ1n) is 5.68. The summed E-state index contributed by atoms with van der Waals surface area (Å²) in [6.45, 7) is 3.71. The number of hydrogen-bond donors (Lipinski definition) is 1. The molecule has 18 heavy (non-hydrogen) atoms. The molecule has 1 unspecified atom stereocenters. The van der Waals surface area contributed by atoms with Crippen LogP contribution in [0.1, 0.15) is 16.7 Å². The van der Waals surface area contributed by atoms with E-state index in [9.17, 15) is 9.90 Å². The SMILES string of the molecule is C=Cc1ccccc1C(O)(C=O)c1ccccc1. The van der Waals surface area contributed by atoms with Crippen molar-refractivity contribution in [1.29, 1.82) is 0 Å². The summed E-state index contributed by atoms with van der Waals surface area (Å²) in [5.74, 6) is 0. The molecule has 0 spiro atoms. The largest absolute Gasteiger partial charge is 0.373 e. The zero-order chi connectivity index (χ0) is 13.0. The third kappa shape index (κ3) is 1.98. The fourth-order valence-corrected chi connectivity index (χ4v) is 2.00. The Hall–Kier alpha value is -2.19. The Labute approximate surface area is 106 Å². The lowest BCUT2D eigenvalue weighted by molar-refractivity contribution is -0.121. The van der Waals surface area contributed by atoms with Gasteiger partial charge in [-0.05, 0) is 11.1 Å². The van der Waals surface area contributed by atoms with Crippen LogP contribution in [0.4, 0.5) is 0 Å². The van der Waals surface area contributed by atoms with E-state index in [0.29, 0.717) is 17.4 Å². The van der Waals surface area contributed by atoms with Crippen molar-refractivity contribution in [2.24, 2.45) is 0 Å². The lowest BCUT2D eigenvalue weighted by Gasteiger charge is -2.24. The summed E-state index contributed by atoms with van der Waals surface area (Å²) in [6, 6.07) is 16.1. The third-order valence-corrected chi connectivity index (χ3v) is 2.98. The number of aldehydes is 1. The van der Waals surface area contributed by atoms with Crippen molar-refractivity contribution in [2.75, 3.05) is 0 Å². The molecule has 0 aliphatic rings. The summed E-state index contributed by atoms with van der Waals surface area (Å²) in [6.07, 6.45) is 2.19. The van der Waals surface area contributed by atoms with Gasteiger partial charge in [0.25, 0.3) is 0 Å². The first-order chi connectivity index (χ1) is 8.72. The van der Waals surface area contributed by atoms with Crippen LogP contribution in [0.25, 0.3) is 6.08 Å². The predicted octanol–water partition coefficient (Wildman–Crippen LogP) is 2.76. The van der Waals surface area contributed by atoms with E-state index in [2.05, 4.69) is 6.58 Å². The summed E-state index contributed by atoms with van der Waals surface area (Å²) < 4.78 is 0. The van der Waals surface area contributed by atoms with Crippen LogP contribution in [-0.2, 0) is 10.4 Å². The molecule has 0 fully saturated rings. The molecule has 2 aromatic rings. The fourth-order valence-electron chi connectivity index (χ4n) is 2.00. The van der Waals surface area contributed by atoms with Crippen molar-refractivity contribution >= 4 is 12.4 Å². The molecule has 2 nitrogen and oxygen atoms in total.